The average Bonchev–Trinajstić information content (AvgIpc) is 3.19. The largest absolute Gasteiger partial charge is 0.469 e. The number of cyclic esters (lactones) is 1. The van der Waals surface area contributed by atoms with Crippen LogP contribution in [0.5, 0.6) is 0 Å². The monoisotopic (exact) mass is 908 g/mol. The van der Waals surface area contributed by atoms with Gasteiger partial charge in [0.15, 0.2) is 18.2 Å². The zero-order chi connectivity index (χ0) is 47.6. The van der Waals surface area contributed by atoms with Crippen LogP contribution in [-0.4, -0.2) is 136 Å². The molecular weight excluding hydrogens is 836 g/mol. The molecule has 6 bridgehead atoms. The zero-order valence-corrected chi connectivity index (χ0v) is 38.8. The summed E-state index contributed by atoms with van der Waals surface area (Å²) in [4.78, 5) is 52.5. The van der Waals surface area contributed by atoms with E-state index in [1.807, 2.05) is 13.0 Å². The first kappa shape index (κ1) is 53.1. The van der Waals surface area contributed by atoms with Gasteiger partial charge < -0.3 is 63.4 Å². The molecule has 0 aromatic rings. The van der Waals surface area contributed by atoms with Crippen molar-refractivity contribution >= 4 is 23.9 Å². The first-order chi connectivity index (χ1) is 29.9. The molecule has 4 aliphatic heterocycles. The molecular formula is C47H72O17. The minimum atomic E-state index is -2.39. The van der Waals surface area contributed by atoms with Crippen LogP contribution in [0.15, 0.2) is 48.1 Å². The molecule has 0 aromatic heterocycles. The fraction of sp³-hybridized carbons (Fsp3) is 0.745. The molecule has 0 aromatic carbocycles. The zero-order valence-electron chi connectivity index (χ0n) is 38.8. The molecule has 64 heavy (non-hydrogen) atoms. The molecule has 4 aliphatic rings. The number of aliphatic hydroxyl groups excluding tert-OH is 3. The van der Waals surface area contributed by atoms with Gasteiger partial charge in [-0.3, -0.25) is 9.59 Å². The number of esters is 4. The van der Waals surface area contributed by atoms with E-state index in [1.165, 1.54) is 46.3 Å². The van der Waals surface area contributed by atoms with Crippen LogP contribution in [0.25, 0.3) is 0 Å². The van der Waals surface area contributed by atoms with Crippen LogP contribution in [0, 0.1) is 16.7 Å². The average molecular weight is 909 g/mol. The molecule has 1 unspecified atom stereocenters. The van der Waals surface area contributed by atoms with Crippen LogP contribution >= 0.6 is 0 Å². The number of hydrogen-bond acceptors (Lipinski definition) is 17. The smallest absolute Gasteiger partial charge is 0.331 e. The van der Waals surface area contributed by atoms with Crippen LogP contribution in [0.4, 0.5) is 0 Å². The third-order valence-corrected chi connectivity index (χ3v) is 12.8. The van der Waals surface area contributed by atoms with E-state index in [9.17, 15) is 44.7 Å². The first-order valence-electron chi connectivity index (χ1n) is 22.4. The molecule has 4 rings (SSSR count). The lowest BCUT2D eigenvalue weighted by Gasteiger charge is -2.54. The normalized spacial score (nSPS) is 36.4. The van der Waals surface area contributed by atoms with E-state index in [-0.39, 0.29) is 51.4 Å². The number of hydrogen-bond donors (Lipinski definition) is 5. The Balaban J connectivity index is 1.87. The molecule has 17 nitrogen and oxygen atoms in total. The summed E-state index contributed by atoms with van der Waals surface area (Å²) in [6.45, 7) is 11.6. The topological polar surface area (TPSA) is 243 Å². The highest BCUT2D eigenvalue weighted by Gasteiger charge is 2.60. The van der Waals surface area contributed by atoms with E-state index in [0.717, 1.165) is 12.8 Å². The Morgan fingerprint density at radius 1 is 0.906 bits per heavy atom. The maximum absolute atomic E-state index is 13.5. The van der Waals surface area contributed by atoms with Crippen molar-refractivity contribution in [1.29, 1.82) is 0 Å². The fourth-order valence-electron chi connectivity index (χ4n) is 9.03. The van der Waals surface area contributed by atoms with E-state index < -0.39 is 120 Å². The Morgan fingerprint density at radius 3 is 2.25 bits per heavy atom. The highest BCUT2D eigenvalue weighted by molar-refractivity contribution is 5.83. The van der Waals surface area contributed by atoms with E-state index in [2.05, 4.69) is 0 Å². The third kappa shape index (κ3) is 13.8. The summed E-state index contributed by atoms with van der Waals surface area (Å²) >= 11 is 0. The quantitative estimate of drug-likeness (QED) is 0.0488. The molecule has 0 spiro atoms. The Hall–Kier alpha value is -3.52. The van der Waals surface area contributed by atoms with Crippen molar-refractivity contribution in [2.75, 3.05) is 14.2 Å². The van der Waals surface area contributed by atoms with Crippen LogP contribution in [0.1, 0.15) is 119 Å². The van der Waals surface area contributed by atoms with Gasteiger partial charge in [0.25, 0.3) is 0 Å². The minimum Gasteiger partial charge on any atom is -0.469 e. The molecule has 4 heterocycles. The van der Waals surface area contributed by atoms with Crippen molar-refractivity contribution in [2.45, 2.75) is 192 Å². The molecule has 0 saturated carbocycles. The highest BCUT2D eigenvalue weighted by Crippen LogP contribution is 2.50. The van der Waals surface area contributed by atoms with E-state index in [1.54, 1.807) is 45.9 Å². The van der Waals surface area contributed by atoms with Crippen molar-refractivity contribution in [2.24, 2.45) is 16.7 Å². The second-order valence-corrected chi connectivity index (χ2v) is 18.8. The van der Waals surface area contributed by atoms with Gasteiger partial charge in [0.05, 0.1) is 69.8 Å². The van der Waals surface area contributed by atoms with Gasteiger partial charge in [0.1, 0.15) is 6.10 Å². The Morgan fingerprint density at radius 2 is 1.61 bits per heavy atom. The van der Waals surface area contributed by atoms with Gasteiger partial charge in [-0.1, -0.05) is 77.0 Å². The summed E-state index contributed by atoms with van der Waals surface area (Å²) in [5.41, 5.74) is -2.02. The SMILES string of the molecule is CCCC=CC=CC(=O)O[C@H]1[C@H](CC(=O)OC)C[C@H]2CC([C@@H](C)O)OC(=O)C[C@H](O)C[C@@H]3C[C@H](O[C@@H](C)O)C(C)(C)[C@](O)(C[C@@H]4CC(=CC(=O)OC)C[C@H](C=CC(C)(C)[C@]1(O)O2)O4)O3. The number of unbranched alkanes of at least 4 members (excludes halogenated alkanes) is 1. The number of fused-ring (bicyclic) bond motifs is 6. The van der Waals surface area contributed by atoms with Crippen molar-refractivity contribution in [3.05, 3.63) is 48.1 Å². The first-order valence-corrected chi connectivity index (χ1v) is 22.4. The van der Waals surface area contributed by atoms with Crippen molar-refractivity contribution < 1.29 is 82.6 Å². The van der Waals surface area contributed by atoms with Gasteiger partial charge in [-0.2, -0.15) is 0 Å². The Bertz CT molecular complexity index is 1720. The number of carbonyl (C=O) groups is 4. The number of allylic oxidation sites excluding steroid dienone is 3. The summed E-state index contributed by atoms with van der Waals surface area (Å²) in [6.07, 6.45) is 1.07. The number of aliphatic hydroxyl groups is 5. The molecule has 362 valence electrons. The maximum Gasteiger partial charge on any atom is 0.331 e. The fourth-order valence-corrected chi connectivity index (χ4v) is 9.03. The van der Waals surface area contributed by atoms with Gasteiger partial charge in [-0.05, 0) is 39.5 Å². The number of rotatable bonds is 11. The highest BCUT2D eigenvalue weighted by atomic mass is 16.7. The molecule has 3 saturated heterocycles. The van der Waals surface area contributed by atoms with Crippen LogP contribution in [-0.2, 0) is 57.1 Å². The van der Waals surface area contributed by atoms with Gasteiger partial charge >= 0.3 is 23.9 Å². The molecule has 17 heteroatoms. The Kier molecular flexibility index (Phi) is 18.9. The molecule has 5 N–H and O–H groups in total. The summed E-state index contributed by atoms with van der Waals surface area (Å²) in [6, 6.07) is 0. The molecule has 0 amide bonds. The van der Waals surface area contributed by atoms with Crippen molar-refractivity contribution in [1.82, 2.24) is 0 Å². The van der Waals surface area contributed by atoms with E-state index >= 15 is 0 Å². The molecule has 13 atom stereocenters. The summed E-state index contributed by atoms with van der Waals surface area (Å²) in [5, 5.41) is 58.0. The second-order valence-electron chi connectivity index (χ2n) is 18.8. The van der Waals surface area contributed by atoms with E-state index in [0.29, 0.717) is 5.57 Å². The van der Waals surface area contributed by atoms with Gasteiger partial charge in [0.2, 0.25) is 5.79 Å². The summed E-state index contributed by atoms with van der Waals surface area (Å²) in [5.74, 6) is -8.24. The van der Waals surface area contributed by atoms with Crippen LogP contribution in [0.2, 0.25) is 0 Å². The molecule has 0 radical (unpaired) electrons. The molecule has 3 fully saturated rings. The van der Waals surface area contributed by atoms with Crippen LogP contribution < -0.4 is 0 Å². The lowest BCUT2D eigenvalue weighted by Crippen LogP contribution is -2.64. The number of carbonyl (C=O) groups excluding carboxylic acids is 4. The Labute approximate surface area is 376 Å². The maximum atomic E-state index is 13.5. The molecule has 0 aliphatic carbocycles. The minimum absolute atomic E-state index is 0.00172. The van der Waals surface area contributed by atoms with E-state index in [4.69, 9.17) is 37.9 Å². The van der Waals surface area contributed by atoms with Crippen molar-refractivity contribution in [3.8, 4) is 0 Å². The predicted molar refractivity (Wildman–Crippen MR) is 229 cm³/mol. The lowest BCUT2D eigenvalue weighted by molar-refractivity contribution is -0.361. The standard InChI is InChI=1S/C47H72O17/c1-10-11-12-13-14-15-39(51)62-43-31(22-41(53)58-9)21-34-25-37(28(2)48)61-42(54)24-32(50)23-35-26-38(59-29(3)49)45(6,7)46(55,63-35)27-36-19-30(20-40(52)57-8)18-33(60-36)16-17-44(4,5)47(43,56)64-34/h12-17,20,28-29,31-38,43,48-50,55-56H,10-11,18-19,21-27H2,1-9H3/t28-,29+,31+,32-,33+,34+,35-,36+,37?,38+,43+,46+,47-/m1/s1. The van der Waals surface area contributed by atoms with Crippen LogP contribution in [0.3, 0.4) is 0 Å². The predicted octanol–water partition coefficient (Wildman–Crippen LogP) is 4.15. The van der Waals surface area contributed by atoms with Crippen molar-refractivity contribution in [3.63, 3.8) is 0 Å². The van der Waals surface area contributed by atoms with Gasteiger partial charge in [0, 0.05) is 54.6 Å². The summed E-state index contributed by atoms with van der Waals surface area (Å²) in [7, 11) is 2.46. The van der Waals surface area contributed by atoms with Gasteiger partial charge in [-0.15, -0.1) is 0 Å². The third-order valence-electron chi connectivity index (χ3n) is 12.8. The second kappa shape index (κ2) is 22.8. The summed E-state index contributed by atoms with van der Waals surface area (Å²) < 4.78 is 47.2. The lowest BCUT2D eigenvalue weighted by atomic mass is 9.70. The number of methoxy groups -OCH3 is 2. The van der Waals surface area contributed by atoms with Gasteiger partial charge in [-0.25, -0.2) is 9.59 Å². The number of ether oxygens (including phenoxy) is 8.